The smallest absolute Gasteiger partial charge is 0.0697 e. The first-order valence-electron chi connectivity index (χ1n) is 25.9. The third kappa shape index (κ3) is 6.38. The minimum absolute atomic E-state index is 0.0149. The van der Waals surface area contributed by atoms with Gasteiger partial charge in [-0.15, -0.1) is 0 Å². The zero-order valence-corrected chi connectivity index (χ0v) is 40.8. The van der Waals surface area contributed by atoms with Crippen molar-refractivity contribution in [1.82, 2.24) is 0 Å². The van der Waals surface area contributed by atoms with Gasteiger partial charge >= 0.3 is 0 Å². The number of benzene rings is 10. The second-order valence-electron chi connectivity index (χ2n) is 20.9. The summed E-state index contributed by atoms with van der Waals surface area (Å²) in [6.07, 6.45) is 13.9. The Hall–Kier alpha value is -8.32. The fourth-order valence-corrected chi connectivity index (χ4v) is 13.6. The maximum atomic E-state index is 2.54. The first kappa shape index (κ1) is 42.5. The van der Waals surface area contributed by atoms with Crippen LogP contribution in [0.4, 0.5) is 0 Å². The van der Waals surface area contributed by atoms with Crippen LogP contribution in [0, 0.1) is 5.92 Å². The van der Waals surface area contributed by atoms with E-state index in [1.165, 1.54) is 122 Å². The number of rotatable bonds is 7. The maximum Gasteiger partial charge on any atom is 0.0697 e. The highest BCUT2D eigenvalue weighted by molar-refractivity contribution is 6.01. The van der Waals surface area contributed by atoms with Crippen molar-refractivity contribution in [3.63, 3.8) is 0 Å². The molecule has 10 aromatic carbocycles. The predicted molar refractivity (Wildman–Crippen MR) is 303 cm³/mol. The minimum atomic E-state index is -0.419. The van der Waals surface area contributed by atoms with E-state index in [1.807, 2.05) is 0 Å². The topological polar surface area (TPSA) is 0 Å². The van der Waals surface area contributed by atoms with Gasteiger partial charge in [0.05, 0.1) is 5.41 Å². The van der Waals surface area contributed by atoms with Crippen molar-refractivity contribution in [3.8, 4) is 33.4 Å². The van der Waals surface area contributed by atoms with Gasteiger partial charge in [0.15, 0.2) is 0 Å². The second-order valence-corrected chi connectivity index (χ2v) is 20.9. The van der Waals surface area contributed by atoms with E-state index < -0.39 is 5.41 Å². The molecular weight excluding hydrogens is 865 g/mol. The Morgan fingerprint density at radius 2 is 0.958 bits per heavy atom. The number of hydrogen-bond acceptors (Lipinski definition) is 0. The Morgan fingerprint density at radius 3 is 1.62 bits per heavy atom. The summed E-state index contributed by atoms with van der Waals surface area (Å²) in [4.78, 5) is 0. The fourth-order valence-electron chi connectivity index (χ4n) is 13.6. The molecule has 0 saturated heterocycles. The first-order valence-corrected chi connectivity index (χ1v) is 25.9. The molecule has 4 aliphatic carbocycles. The van der Waals surface area contributed by atoms with Gasteiger partial charge in [-0.25, -0.2) is 0 Å². The number of allylic oxidation sites excluding steroid dienone is 8. The van der Waals surface area contributed by atoms with E-state index in [0.717, 1.165) is 12.8 Å². The summed E-state index contributed by atoms with van der Waals surface area (Å²) in [6.45, 7) is 4.82. The van der Waals surface area contributed by atoms with E-state index in [2.05, 4.69) is 269 Å². The van der Waals surface area contributed by atoms with E-state index in [9.17, 15) is 0 Å². The minimum Gasteiger partial charge on any atom is -0.0827 e. The van der Waals surface area contributed by atoms with Gasteiger partial charge in [-0.3, -0.25) is 0 Å². The summed E-state index contributed by atoms with van der Waals surface area (Å²) in [5.74, 6) is 0.586. The third-order valence-corrected chi connectivity index (χ3v) is 16.9. The van der Waals surface area contributed by atoms with Gasteiger partial charge in [-0.05, 0) is 140 Å². The molecule has 0 radical (unpaired) electrons. The van der Waals surface area contributed by atoms with E-state index in [4.69, 9.17) is 0 Å². The average molecular weight is 919 g/mol. The van der Waals surface area contributed by atoms with Crippen LogP contribution in [0.1, 0.15) is 82.7 Å². The number of fused-ring (bicyclic) bond motifs is 11. The fraction of sp³-hybridized carbons (Fsp3) is 0.111. The summed E-state index contributed by atoms with van der Waals surface area (Å²) < 4.78 is 0. The van der Waals surface area contributed by atoms with Crippen LogP contribution in [0.15, 0.2) is 260 Å². The van der Waals surface area contributed by atoms with E-state index >= 15 is 0 Å². The van der Waals surface area contributed by atoms with Gasteiger partial charge < -0.3 is 0 Å². The van der Waals surface area contributed by atoms with Crippen molar-refractivity contribution < 1.29 is 0 Å². The lowest BCUT2D eigenvalue weighted by Gasteiger charge is -2.44. The molecule has 1 spiro atoms. The highest BCUT2D eigenvalue weighted by Gasteiger charge is 2.58. The van der Waals surface area contributed by atoms with Crippen molar-refractivity contribution in [2.45, 2.75) is 43.4 Å². The molecule has 0 saturated carbocycles. The lowest BCUT2D eigenvalue weighted by molar-refractivity contribution is 0.506. The Labute approximate surface area is 423 Å². The summed E-state index contributed by atoms with van der Waals surface area (Å²) in [7, 11) is 0. The van der Waals surface area contributed by atoms with E-state index in [-0.39, 0.29) is 11.3 Å². The van der Waals surface area contributed by atoms with Gasteiger partial charge in [0.2, 0.25) is 0 Å². The first-order chi connectivity index (χ1) is 35.5. The molecule has 0 heterocycles. The van der Waals surface area contributed by atoms with Crippen LogP contribution < -0.4 is 0 Å². The van der Waals surface area contributed by atoms with Crippen LogP contribution in [-0.4, -0.2) is 0 Å². The largest absolute Gasteiger partial charge is 0.0827 e. The molecule has 0 bridgehead atoms. The van der Waals surface area contributed by atoms with Crippen molar-refractivity contribution >= 4 is 32.7 Å². The van der Waals surface area contributed by atoms with Gasteiger partial charge in [0.25, 0.3) is 0 Å². The number of hydrogen-bond donors (Lipinski definition) is 0. The molecule has 342 valence electrons. The summed E-state index contributed by atoms with van der Waals surface area (Å²) >= 11 is 0. The van der Waals surface area contributed by atoms with Crippen LogP contribution in [0.25, 0.3) is 66.1 Å². The molecule has 0 aliphatic heterocycles. The summed E-state index contributed by atoms with van der Waals surface area (Å²) in [5, 5.41) is 5.15. The zero-order valence-electron chi connectivity index (χ0n) is 40.8. The van der Waals surface area contributed by atoms with Crippen LogP contribution >= 0.6 is 0 Å². The van der Waals surface area contributed by atoms with Crippen molar-refractivity contribution in [1.29, 1.82) is 0 Å². The van der Waals surface area contributed by atoms with Crippen molar-refractivity contribution in [3.05, 3.63) is 310 Å². The normalized spacial score (nSPS) is 18.5. The monoisotopic (exact) mass is 918 g/mol. The molecule has 0 N–H and O–H groups in total. The van der Waals surface area contributed by atoms with Crippen LogP contribution in [0.3, 0.4) is 0 Å². The molecule has 0 fully saturated rings. The summed E-state index contributed by atoms with van der Waals surface area (Å²) in [6, 6.07) is 85.3. The Balaban J connectivity index is 0.923. The Morgan fingerprint density at radius 1 is 0.431 bits per heavy atom. The molecule has 4 aliphatic rings. The SMILES string of the molecule is CC1C=CC(c2ccc(-c3ccc(C(c4ccc(-c5cccc6ccccc56)cc4)c4ccc(C5(C)CC=CC6=C5C5(c7ccccc76)c6ccccc6-c6ccccc65)c5ccccc45)cc3)cc2)=CC1. The molecule has 14 rings (SSSR count). The van der Waals surface area contributed by atoms with Gasteiger partial charge in [0.1, 0.15) is 0 Å². The highest BCUT2D eigenvalue weighted by atomic mass is 14.6. The molecule has 10 aromatic rings. The van der Waals surface area contributed by atoms with E-state index in [1.54, 1.807) is 0 Å². The molecular formula is C72H54. The maximum absolute atomic E-state index is 2.54. The predicted octanol–water partition coefficient (Wildman–Crippen LogP) is 18.5. The van der Waals surface area contributed by atoms with Crippen LogP contribution in [-0.2, 0) is 10.8 Å². The van der Waals surface area contributed by atoms with Crippen LogP contribution in [0.5, 0.6) is 0 Å². The van der Waals surface area contributed by atoms with Crippen molar-refractivity contribution in [2.24, 2.45) is 5.92 Å². The van der Waals surface area contributed by atoms with Crippen LogP contribution in [0.2, 0.25) is 0 Å². The van der Waals surface area contributed by atoms with Gasteiger partial charge in [-0.1, -0.05) is 269 Å². The molecule has 0 amide bonds. The molecule has 72 heavy (non-hydrogen) atoms. The van der Waals surface area contributed by atoms with Crippen molar-refractivity contribution in [2.75, 3.05) is 0 Å². The summed E-state index contributed by atoms with van der Waals surface area (Å²) in [5.41, 5.74) is 23.1. The average Bonchev–Trinajstić information content (AvgIpc) is 3.92. The second kappa shape index (κ2) is 16.6. The lowest BCUT2D eigenvalue weighted by atomic mass is 9.57. The molecule has 3 atom stereocenters. The van der Waals surface area contributed by atoms with Gasteiger partial charge in [0, 0.05) is 11.3 Å². The molecule has 0 aromatic heterocycles. The van der Waals surface area contributed by atoms with E-state index in [0.29, 0.717) is 5.92 Å². The molecule has 3 unspecified atom stereocenters. The third-order valence-electron chi connectivity index (χ3n) is 16.9. The Bertz CT molecular complexity index is 3880. The molecule has 0 nitrogen and oxygen atoms in total. The molecule has 0 heteroatoms. The highest BCUT2D eigenvalue weighted by Crippen LogP contribution is 2.67. The standard InChI is InChI=1S/C72H54/c1-47-28-30-48(31-29-47)49-32-34-50(35-33-49)51-36-40-54(41-37-51)69(55-42-38-53(39-43-55)57-23-13-16-52-15-3-4-17-56(52)57)63-44-45-65(59-19-6-5-18-58(59)63)71(2)46-14-24-64-62-22-9-12-27-68(62)72(70(64)71)66-25-10-7-20-60(66)61-21-8-11-26-67(61)72/h3-28,30-45,47,69H,29,46H2,1-2H3. The zero-order chi connectivity index (χ0) is 48.0. The quantitative estimate of drug-likeness (QED) is 0.140. The lowest BCUT2D eigenvalue weighted by Crippen LogP contribution is -2.39. The van der Waals surface area contributed by atoms with Gasteiger partial charge in [-0.2, -0.15) is 0 Å². The Kier molecular flexibility index (Phi) is 9.84.